The fraction of sp³-hybridized carbons (Fsp3) is 0.474. The van der Waals surface area contributed by atoms with Crippen LogP contribution in [-0.4, -0.2) is 50.3 Å². The summed E-state index contributed by atoms with van der Waals surface area (Å²) < 4.78 is 15.4. The van der Waals surface area contributed by atoms with Crippen molar-refractivity contribution >= 4 is 29.1 Å². The van der Waals surface area contributed by atoms with Crippen LogP contribution in [0.3, 0.4) is 0 Å². The summed E-state index contributed by atoms with van der Waals surface area (Å²) >= 11 is 12.1. The zero-order chi connectivity index (χ0) is 20.9. The maximum Gasteiger partial charge on any atom is 0.252 e. The van der Waals surface area contributed by atoms with Crippen molar-refractivity contribution in [2.24, 2.45) is 5.73 Å². The fourth-order valence-corrected chi connectivity index (χ4v) is 4.35. The number of carbonyl (C=O) groups is 1. The van der Waals surface area contributed by atoms with Crippen molar-refractivity contribution in [3.05, 3.63) is 39.5 Å². The van der Waals surface area contributed by atoms with Crippen molar-refractivity contribution in [2.45, 2.75) is 50.9 Å². The lowest BCUT2D eigenvalue weighted by atomic mass is 9.79. The molecule has 1 aliphatic heterocycles. The minimum atomic E-state index is -1.17. The van der Waals surface area contributed by atoms with Crippen molar-refractivity contribution in [1.29, 1.82) is 0 Å². The molecule has 1 atom stereocenters. The number of hydrogen-bond donors (Lipinski definition) is 3. The SMILES string of the molecule is CC1(F)CC(NC(O)N2CCn3nc(-c4ccc(Cl)c(Cl)c4)c(C(N)=O)c3C2)C1. The molecule has 0 bridgehead atoms. The van der Waals surface area contributed by atoms with E-state index >= 15 is 0 Å². The number of alkyl halides is 1. The van der Waals surface area contributed by atoms with E-state index in [1.54, 1.807) is 34.7 Å². The molecular formula is C19H22Cl2FN5O2. The number of fused-ring (bicyclic) bond motifs is 1. The van der Waals surface area contributed by atoms with Crippen molar-refractivity contribution < 1.29 is 14.3 Å². The minimum absolute atomic E-state index is 0.0748. The van der Waals surface area contributed by atoms with Gasteiger partial charge < -0.3 is 10.8 Å². The molecule has 0 radical (unpaired) electrons. The predicted octanol–water partition coefficient (Wildman–Crippen LogP) is 2.53. The van der Waals surface area contributed by atoms with Crippen LogP contribution < -0.4 is 11.1 Å². The number of nitrogens with two attached hydrogens (primary N) is 1. The van der Waals surface area contributed by atoms with Crippen molar-refractivity contribution in [1.82, 2.24) is 20.0 Å². The van der Waals surface area contributed by atoms with Gasteiger partial charge in [-0.3, -0.25) is 19.7 Å². The van der Waals surface area contributed by atoms with E-state index in [0.717, 1.165) is 0 Å². The van der Waals surface area contributed by atoms with Crippen LogP contribution in [0.4, 0.5) is 4.39 Å². The predicted molar refractivity (Wildman–Crippen MR) is 108 cm³/mol. The first-order valence-corrected chi connectivity index (χ1v) is 10.1. The van der Waals surface area contributed by atoms with Crippen LogP contribution in [0.5, 0.6) is 0 Å². The lowest BCUT2D eigenvalue weighted by Crippen LogP contribution is -2.58. The Hall–Kier alpha value is -1.71. The summed E-state index contributed by atoms with van der Waals surface area (Å²) in [6.07, 6.45) is -0.220. The molecule has 1 aromatic heterocycles. The van der Waals surface area contributed by atoms with E-state index in [-0.39, 0.29) is 12.6 Å². The topological polar surface area (TPSA) is 96.4 Å². The third kappa shape index (κ3) is 4.00. The first-order valence-electron chi connectivity index (χ1n) is 9.36. The highest BCUT2D eigenvalue weighted by atomic mass is 35.5. The van der Waals surface area contributed by atoms with Gasteiger partial charge in [-0.25, -0.2) is 4.39 Å². The van der Waals surface area contributed by atoms with Gasteiger partial charge in [-0.1, -0.05) is 29.3 Å². The number of amides is 1. The van der Waals surface area contributed by atoms with E-state index in [2.05, 4.69) is 10.4 Å². The maximum absolute atomic E-state index is 13.7. The van der Waals surface area contributed by atoms with Gasteiger partial charge in [0.2, 0.25) is 0 Å². The molecule has 2 heterocycles. The van der Waals surface area contributed by atoms with Gasteiger partial charge in [0.1, 0.15) is 11.4 Å². The number of benzene rings is 1. The molecule has 7 nitrogen and oxygen atoms in total. The second-order valence-electron chi connectivity index (χ2n) is 7.92. The third-order valence-corrected chi connectivity index (χ3v) is 6.26. The van der Waals surface area contributed by atoms with Gasteiger partial charge in [-0.15, -0.1) is 0 Å². The number of nitrogens with one attached hydrogen (secondary N) is 1. The van der Waals surface area contributed by atoms with E-state index in [1.807, 2.05) is 0 Å². The van der Waals surface area contributed by atoms with E-state index < -0.39 is 17.9 Å². The minimum Gasteiger partial charge on any atom is -0.365 e. The van der Waals surface area contributed by atoms with Gasteiger partial charge in [0.25, 0.3) is 5.91 Å². The standard InChI is InChI=1S/C19H22Cl2FN5O2/c1-19(22)7-11(8-19)24-18(29)26-4-5-27-14(9-26)15(17(23)28)16(25-27)10-2-3-12(20)13(21)6-10/h2-3,6,11,18,24,29H,4-5,7-9H2,1H3,(H2,23,28). The van der Waals surface area contributed by atoms with Gasteiger partial charge in [0, 0.05) is 24.7 Å². The highest BCUT2D eigenvalue weighted by molar-refractivity contribution is 6.42. The Balaban J connectivity index is 1.58. The summed E-state index contributed by atoms with van der Waals surface area (Å²) in [4.78, 5) is 14.0. The van der Waals surface area contributed by atoms with Crippen LogP contribution in [0.25, 0.3) is 11.3 Å². The van der Waals surface area contributed by atoms with Crippen molar-refractivity contribution in [3.8, 4) is 11.3 Å². The number of carbonyl (C=O) groups excluding carboxylic acids is 1. The lowest BCUT2D eigenvalue weighted by molar-refractivity contribution is -0.0701. The third-order valence-electron chi connectivity index (χ3n) is 5.52. The van der Waals surface area contributed by atoms with Crippen LogP contribution in [0.1, 0.15) is 35.8 Å². The molecule has 156 valence electrons. The Kier molecular flexibility index (Phi) is 5.33. The number of halogens is 3. The quantitative estimate of drug-likeness (QED) is 0.619. The summed E-state index contributed by atoms with van der Waals surface area (Å²) in [5.74, 6) is -0.608. The number of hydrogen-bond acceptors (Lipinski definition) is 5. The van der Waals surface area contributed by atoms with Gasteiger partial charge in [0.05, 0.1) is 27.8 Å². The summed E-state index contributed by atoms with van der Waals surface area (Å²) in [5.41, 5.74) is 6.47. The second kappa shape index (κ2) is 7.52. The zero-order valence-corrected chi connectivity index (χ0v) is 17.3. The maximum atomic E-state index is 13.7. The van der Waals surface area contributed by atoms with E-state index in [0.29, 0.717) is 58.5 Å². The number of aliphatic hydroxyl groups excluding tert-OH is 1. The zero-order valence-electron chi connectivity index (χ0n) is 15.8. The van der Waals surface area contributed by atoms with Gasteiger partial charge in [-0.05, 0) is 31.9 Å². The molecule has 1 amide bonds. The lowest BCUT2D eigenvalue weighted by Gasteiger charge is -2.42. The fourth-order valence-electron chi connectivity index (χ4n) is 4.05. The molecule has 1 saturated carbocycles. The molecule has 1 aliphatic carbocycles. The van der Waals surface area contributed by atoms with Crippen LogP contribution in [0.2, 0.25) is 10.0 Å². The summed E-state index contributed by atoms with van der Waals surface area (Å²) in [7, 11) is 0. The Labute approximate surface area is 177 Å². The van der Waals surface area contributed by atoms with Crippen molar-refractivity contribution in [2.75, 3.05) is 6.54 Å². The second-order valence-corrected chi connectivity index (χ2v) is 8.73. The van der Waals surface area contributed by atoms with Crippen molar-refractivity contribution in [3.63, 3.8) is 0 Å². The molecular weight excluding hydrogens is 420 g/mol. The molecule has 0 saturated heterocycles. The molecule has 0 spiro atoms. The average Bonchev–Trinajstić information content (AvgIpc) is 3.01. The molecule has 1 aromatic carbocycles. The highest BCUT2D eigenvalue weighted by Crippen LogP contribution is 2.36. The molecule has 2 aromatic rings. The van der Waals surface area contributed by atoms with E-state index in [4.69, 9.17) is 28.9 Å². The molecule has 10 heteroatoms. The Bertz CT molecular complexity index is 956. The number of primary amides is 1. The number of aromatic nitrogens is 2. The summed E-state index contributed by atoms with van der Waals surface area (Å²) in [6, 6.07) is 4.94. The van der Waals surface area contributed by atoms with Crippen LogP contribution in [0, 0.1) is 0 Å². The van der Waals surface area contributed by atoms with Crippen LogP contribution in [0.15, 0.2) is 18.2 Å². The Morgan fingerprint density at radius 3 is 2.72 bits per heavy atom. The molecule has 4 rings (SSSR count). The van der Waals surface area contributed by atoms with Gasteiger partial charge in [0.15, 0.2) is 6.35 Å². The molecule has 4 N–H and O–H groups in total. The molecule has 1 fully saturated rings. The Morgan fingerprint density at radius 1 is 1.38 bits per heavy atom. The summed E-state index contributed by atoms with van der Waals surface area (Å²) in [6.45, 7) is 2.82. The highest BCUT2D eigenvalue weighted by Gasteiger charge is 2.42. The van der Waals surface area contributed by atoms with Gasteiger partial charge in [-0.2, -0.15) is 5.10 Å². The number of rotatable bonds is 5. The molecule has 2 aliphatic rings. The smallest absolute Gasteiger partial charge is 0.252 e. The molecule has 29 heavy (non-hydrogen) atoms. The van der Waals surface area contributed by atoms with Crippen LogP contribution in [-0.2, 0) is 13.1 Å². The normalized spacial score (nSPS) is 25.3. The summed E-state index contributed by atoms with van der Waals surface area (Å²) in [5, 5.41) is 18.9. The van der Waals surface area contributed by atoms with Crippen LogP contribution >= 0.6 is 23.2 Å². The Morgan fingerprint density at radius 2 is 2.10 bits per heavy atom. The first kappa shape index (κ1) is 20.6. The van der Waals surface area contributed by atoms with E-state index in [9.17, 15) is 14.3 Å². The largest absolute Gasteiger partial charge is 0.365 e. The monoisotopic (exact) mass is 441 g/mol. The molecule has 1 unspecified atom stereocenters. The average molecular weight is 442 g/mol. The first-order chi connectivity index (χ1) is 13.6. The number of nitrogens with zero attached hydrogens (tertiary/aromatic N) is 3. The van der Waals surface area contributed by atoms with E-state index in [1.165, 1.54) is 0 Å². The number of aliphatic hydroxyl groups is 1. The van der Waals surface area contributed by atoms with Gasteiger partial charge >= 0.3 is 0 Å².